The van der Waals surface area contributed by atoms with Gasteiger partial charge in [0.25, 0.3) is 0 Å². The summed E-state index contributed by atoms with van der Waals surface area (Å²) in [5.41, 5.74) is 1.86. The maximum atomic E-state index is 6.28. The summed E-state index contributed by atoms with van der Waals surface area (Å²) in [7, 11) is 4.04. The van der Waals surface area contributed by atoms with Crippen molar-refractivity contribution in [1.29, 1.82) is 0 Å². The van der Waals surface area contributed by atoms with Crippen molar-refractivity contribution in [2.75, 3.05) is 43.4 Å². The highest BCUT2D eigenvalue weighted by molar-refractivity contribution is 6.31. The number of nitrogens with one attached hydrogen (secondary N) is 1. The molecule has 0 atom stereocenters. The molecule has 1 fully saturated rings. The van der Waals surface area contributed by atoms with E-state index < -0.39 is 0 Å². The SMILES string of the molecule is CN1CCN(c2nc(NCc3ccccc3Cl)c3cnn(C)c3n2)CC1. The zero-order chi connectivity index (χ0) is 18.1. The molecule has 8 heteroatoms. The molecule has 0 unspecified atom stereocenters. The summed E-state index contributed by atoms with van der Waals surface area (Å²) in [6.07, 6.45) is 1.80. The molecule has 1 aliphatic heterocycles. The summed E-state index contributed by atoms with van der Waals surface area (Å²) < 4.78 is 1.79. The van der Waals surface area contributed by atoms with E-state index in [-0.39, 0.29) is 0 Å². The monoisotopic (exact) mass is 371 g/mol. The quantitative estimate of drug-likeness (QED) is 0.759. The molecule has 1 aromatic carbocycles. The molecule has 0 saturated carbocycles. The smallest absolute Gasteiger partial charge is 0.229 e. The van der Waals surface area contributed by atoms with Crippen LogP contribution in [0.2, 0.25) is 5.02 Å². The molecule has 2 aromatic heterocycles. The Hall–Kier alpha value is -2.38. The Kier molecular flexibility index (Phi) is 4.65. The van der Waals surface area contributed by atoms with Crippen LogP contribution < -0.4 is 10.2 Å². The van der Waals surface area contributed by atoms with Crippen LogP contribution in [0.1, 0.15) is 5.56 Å². The summed E-state index contributed by atoms with van der Waals surface area (Å²) in [4.78, 5) is 14.1. The topological polar surface area (TPSA) is 62.1 Å². The number of benzene rings is 1. The van der Waals surface area contributed by atoms with Crippen LogP contribution in [0.25, 0.3) is 11.0 Å². The van der Waals surface area contributed by atoms with Gasteiger partial charge in [0.1, 0.15) is 5.82 Å². The summed E-state index contributed by atoms with van der Waals surface area (Å²) in [6.45, 7) is 4.46. The zero-order valence-corrected chi connectivity index (χ0v) is 15.7. The van der Waals surface area contributed by atoms with Crippen molar-refractivity contribution in [3.05, 3.63) is 41.0 Å². The van der Waals surface area contributed by atoms with E-state index in [0.717, 1.165) is 59.6 Å². The van der Waals surface area contributed by atoms with E-state index in [0.29, 0.717) is 6.54 Å². The first-order chi connectivity index (χ1) is 12.6. The van der Waals surface area contributed by atoms with Crippen LogP contribution in [0.3, 0.4) is 0 Å². The van der Waals surface area contributed by atoms with Crippen LogP contribution >= 0.6 is 11.6 Å². The number of aromatic nitrogens is 4. The number of likely N-dealkylation sites (N-methyl/N-ethyl adjacent to an activating group) is 1. The van der Waals surface area contributed by atoms with Crippen LogP contribution in [0, 0.1) is 0 Å². The standard InChI is InChI=1S/C18H22ClN7/c1-24-7-9-26(10-8-24)18-22-16(14-12-21-25(2)17(14)23-18)20-11-13-5-3-4-6-15(13)19/h3-6,12H,7-11H2,1-2H3,(H,20,22,23). The molecule has 136 valence electrons. The third kappa shape index (κ3) is 3.32. The molecule has 0 bridgehead atoms. The molecule has 4 rings (SSSR count). The van der Waals surface area contributed by atoms with Crippen molar-refractivity contribution in [1.82, 2.24) is 24.6 Å². The van der Waals surface area contributed by atoms with Gasteiger partial charge in [-0.1, -0.05) is 29.8 Å². The fourth-order valence-electron chi connectivity index (χ4n) is 3.11. The number of piperazine rings is 1. The molecule has 3 aromatic rings. The van der Waals surface area contributed by atoms with Crippen LogP contribution in [-0.4, -0.2) is 57.9 Å². The largest absolute Gasteiger partial charge is 0.365 e. The van der Waals surface area contributed by atoms with Crippen molar-refractivity contribution in [3.63, 3.8) is 0 Å². The highest BCUT2D eigenvalue weighted by Gasteiger charge is 2.19. The van der Waals surface area contributed by atoms with Crippen molar-refractivity contribution < 1.29 is 0 Å². The molecular weight excluding hydrogens is 350 g/mol. The van der Waals surface area contributed by atoms with E-state index in [2.05, 4.69) is 27.3 Å². The lowest BCUT2D eigenvalue weighted by atomic mass is 10.2. The molecule has 0 radical (unpaired) electrons. The Labute approximate surface area is 157 Å². The van der Waals surface area contributed by atoms with Gasteiger partial charge in [-0.2, -0.15) is 15.1 Å². The number of hydrogen-bond donors (Lipinski definition) is 1. The molecule has 3 heterocycles. The molecule has 0 amide bonds. The van der Waals surface area contributed by atoms with Crippen LogP contribution in [-0.2, 0) is 13.6 Å². The van der Waals surface area contributed by atoms with E-state index in [1.165, 1.54) is 0 Å². The average molecular weight is 372 g/mol. The Balaban J connectivity index is 1.65. The van der Waals surface area contributed by atoms with Gasteiger partial charge in [-0.15, -0.1) is 0 Å². The van der Waals surface area contributed by atoms with Gasteiger partial charge in [-0.05, 0) is 18.7 Å². The zero-order valence-electron chi connectivity index (χ0n) is 15.0. The molecular formula is C18H22ClN7. The van der Waals surface area contributed by atoms with Crippen molar-refractivity contribution in [2.45, 2.75) is 6.54 Å². The molecule has 1 N–H and O–H groups in total. The second kappa shape index (κ2) is 7.09. The number of halogens is 1. The third-order valence-electron chi connectivity index (χ3n) is 4.77. The number of aryl methyl sites for hydroxylation is 1. The average Bonchev–Trinajstić information content (AvgIpc) is 3.03. The molecule has 7 nitrogen and oxygen atoms in total. The number of nitrogens with zero attached hydrogens (tertiary/aromatic N) is 6. The fraction of sp³-hybridized carbons (Fsp3) is 0.389. The Morgan fingerprint density at radius 1 is 1.08 bits per heavy atom. The normalized spacial score (nSPS) is 15.6. The summed E-state index contributed by atoms with van der Waals surface area (Å²) >= 11 is 6.28. The van der Waals surface area contributed by atoms with Crippen molar-refractivity contribution >= 4 is 34.4 Å². The minimum absolute atomic E-state index is 0.600. The van der Waals surface area contributed by atoms with Crippen LogP contribution in [0.15, 0.2) is 30.5 Å². The van der Waals surface area contributed by atoms with Gasteiger partial charge in [-0.3, -0.25) is 4.68 Å². The third-order valence-corrected chi connectivity index (χ3v) is 5.14. The van der Waals surface area contributed by atoms with E-state index >= 15 is 0 Å². The van der Waals surface area contributed by atoms with Gasteiger partial charge in [0.05, 0.1) is 11.6 Å². The van der Waals surface area contributed by atoms with Crippen molar-refractivity contribution in [3.8, 4) is 0 Å². The lowest BCUT2D eigenvalue weighted by Crippen LogP contribution is -2.45. The second-order valence-electron chi connectivity index (χ2n) is 6.61. The highest BCUT2D eigenvalue weighted by Crippen LogP contribution is 2.25. The minimum atomic E-state index is 0.600. The Bertz CT molecular complexity index is 915. The molecule has 0 aliphatic carbocycles. The van der Waals surface area contributed by atoms with E-state index in [1.54, 1.807) is 10.9 Å². The highest BCUT2D eigenvalue weighted by atomic mass is 35.5. The second-order valence-corrected chi connectivity index (χ2v) is 7.02. The maximum absolute atomic E-state index is 6.28. The molecule has 1 saturated heterocycles. The predicted octanol–water partition coefficient (Wildman–Crippen LogP) is 2.38. The first kappa shape index (κ1) is 17.1. The van der Waals surface area contributed by atoms with Gasteiger partial charge in [0.15, 0.2) is 5.65 Å². The molecule has 1 aliphatic rings. The van der Waals surface area contributed by atoms with E-state index in [4.69, 9.17) is 21.6 Å². The summed E-state index contributed by atoms with van der Waals surface area (Å²) in [5, 5.41) is 9.43. The number of fused-ring (bicyclic) bond motifs is 1. The number of rotatable bonds is 4. The van der Waals surface area contributed by atoms with Gasteiger partial charge in [0.2, 0.25) is 5.95 Å². The summed E-state index contributed by atoms with van der Waals surface area (Å²) in [5.74, 6) is 1.54. The van der Waals surface area contributed by atoms with E-state index in [9.17, 15) is 0 Å². The fourth-order valence-corrected chi connectivity index (χ4v) is 3.32. The predicted molar refractivity (Wildman–Crippen MR) is 105 cm³/mol. The number of hydrogen-bond acceptors (Lipinski definition) is 6. The van der Waals surface area contributed by atoms with Crippen molar-refractivity contribution in [2.24, 2.45) is 7.05 Å². The van der Waals surface area contributed by atoms with Crippen LogP contribution in [0.5, 0.6) is 0 Å². The van der Waals surface area contributed by atoms with Gasteiger partial charge in [-0.25, -0.2) is 0 Å². The van der Waals surface area contributed by atoms with Gasteiger partial charge in [0, 0.05) is 44.8 Å². The van der Waals surface area contributed by atoms with Gasteiger partial charge >= 0.3 is 0 Å². The summed E-state index contributed by atoms with van der Waals surface area (Å²) in [6, 6.07) is 7.83. The maximum Gasteiger partial charge on any atom is 0.229 e. The Morgan fingerprint density at radius 3 is 2.62 bits per heavy atom. The Morgan fingerprint density at radius 2 is 1.85 bits per heavy atom. The molecule has 26 heavy (non-hydrogen) atoms. The first-order valence-corrected chi connectivity index (χ1v) is 9.10. The van der Waals surface area contributed by atoms with Gasteiger partial charge < -0.3 is 15.1 Å². The molecule has 0 spiro atoms. The van der Waals surface area contributed by atoms with Crippen LogP contribution in [0.4, 0.5) is 11.8 Å². The lowest BCUT2D eigenvalue weighted by Gasteiger charge is -2.32. The first-order valence-electron chi connectivity index (χ1n) is 8.72. The van der Waals surface area contributed by atoms with E-state index in [1.807, 2.05) is 31.3 Å². The lowest BCUT2D eigenvalue weighted by molar-refractivity contribution is 0.311. The number of anilines is 2. The minimum Gasteiger partial charge on any atom is -0.365 e.